The van der Waals surface area contributed by atoms with Gasteiger partial charge in [-0.3, -0.25) is 4.79 Å². The zero-order chi connectivity index (χ0) is 17.9. The van der Waals surface area contributed by atoms with Gasteiger partial charge < -0.3 is 15.8 Å². The summed E-state index contributed by atoms with van der Waals surface area (Å²) in [5, 5.41) is 2.90. The van der Waals surface area contributed by atoms with Crippen LogP contribution in [-0.4, -0.2) is 11.4 Å². The molecule has 4 nitrogen and oxygen atoms in total. The predicted octanol–water partition coefficient (Wildman–Crippen LogP) is 4.07. The molecule has 0 radical (unpaired) electrons. The molecule has 1 saturated carbocycles. The van der Waals surface area contributed by atoms with E-state index in [-0.39, 0.29) is 17.7 Å². The first-order chi connectivity index (χ1) is 12.0. The lowest BCUT2D eigenvalue weighted by Gasteiger charge is -2.25. The van der Waals surface area contributed by atoms with Crippen molar-refractivity contribution >= 4 is 5.91 Å². The van der Waals surface area contributed by atoms with Crippen molar-refractivity contribution in [3.05, 3.63) is 59.9 Å². The molecule has 1 amide bonds. The number of ether oxygens (including phenoxy) is 1. The molecule has 0 aliphatic heterocycles. The summed E-state index contributed by atoms with van der Waals surface area (Å²) in [5.41, 5.74) is 6.05. The van der Waals surface area contributed by atoms with Crippen LogP contribution in [0.1, 0.15) is 44.2 Å². The summed E-state index contributed by atoms with van der Waals surface area (Å²) in [5.74, 6) is 0.0923. The zero-order valence-electron chi connectivity index (χ0n) is 14.3. The van der Waals surface area contributed by atoms with E-state index in [2.05, 4.69) is 5.32 Å². The van der Waals surface area contributed by atoms with Crippen LogP contribution in [0.3, 0.4) is 0 Å². The minimum Gasteiger partial charge on any atom is -0.454 e. The molecule has 2 aromatic rings. The number of hydrogen-bond acceptors (Lipinski definition) is 3. The molecule has 1 aliphatic rings. The smallest absolute Gasteiger partial charge is 0.240 e. The minimum absolute atomic E-state index is 0.152. The monoisotopic (exact) mass is 342 g/mol. The van der Waals surface area contributed by atoms with E-state index in [9.17, 15) is 9.18 Å². The number of halogens is 1. The number of para-hydroxylation sites is 1. The van der Waals surface area contributed by atoms with Gasteiger partial charge in [0, 0.05) is 0 Å². The Hall–Kier alpha value is -2.40. The van der Waals surface area contributed by atoms with E-state index in [4.69, 9.17) is 10.5 Å². The lowest BCUT2D eigenvalue weighted by molar-refractivity contribution is -0.126. The van der Waals surface area contributed by atoms with E-state index in [1.54, 1.807) is 24.3 Å². The van der Waals surface area contributed by atoms with Crippen LogP contribution < -0.4 is 15.8 Å². The van der Waals surface area contributed by atoms with E-state index < -0.39 is 11.4 Å². The molecule has 3 N–H and O–H groups in total. The Balaban J connectivity index is 1.68. The molecule has 3 rings (SSSR count). The molecule has 0 aromatic heterocycles. The van der Waals surface area contributed by atoms with Crippen LogP contribution >= 0.6 is 0 Å². The van der Waals surface area contributed by atoms with Crippen LogP contribution in [0.15, 0.2) is 48.5 Å². The Morgan fingerprint density at radius 1 is 1.20 bits per heavy atom. The molecule has 1 unspecified atom stereocenters. The summed E-state index contributed by atoms with van der Waals surface area (Å²) < 4.78 is 19.9. The van der Waals surface area contributed by atoms with Gasteiger partial charge in [0.2, 0.25) is 5.91 Å². The van der Waals surface area contributed by atoms with Crippen LogP contribution in [0, 0.1) is 5.82 Å². The van der Waals surface area contributed by atoms with E-state index in [0.717, 1.165) is 12.8 Å². The van der Waals surface area contributed by atoms with Gasteiger partial charge in [0.15, 0.2) is 11.6 Å². The van der Waals surface area contributed by atoms with Gasteiger partial charge in [-0.15, -0.1) is 0 Å². The summed E-state index contributed by atoms with van der Waals surface area (Å²) >= 11 is 0. The highest BCUT2D eigenvalue weighted by molar-refractivity contribution is 5.86. The summed E-state index contributed by atoms with van der Waals surface area (Å²) in [7, 11) is 0. The Morgan fingerprint density at radius 2 is 1.88 bits per heavy atom. The van der Waals surface area contributed by atoms with Gasteiger partial charge in [-0.2, -0.15) is 0 Å². The van der Waals surface area contributed by atoms with E-state index >= 15 is 0 Å². The average Bonchev–Trinajstić information content (AvgIpc) is 3.05. The first-order valence-corrected chi connectivity index (χ1v) is 8.60. The van der Waals surface area contributed by atoms with Crippen LogP contribution in [0.5, 0.6) is 11.5 Å². The van der Waals surface area contributed by atoms with Crippen molar-refractivity contribution in [1.82, 2.24) is 5.32 Å². The van der Waals surface area contributed by atoms with Gasteiger partial charge >= 0.3 is 0 Å². The fraction of sp³-hybridized carbons (Fsp3) is 0.350. The molecule has 0 bridgehead atoms. The fourth-order valence-electron chi connectivity index (χ4n) is 3.14. The van der Waals surface area contributed by atoms with Gasteiger partial charge in [0.25, 0.3) is 0 Å². The molecule has 0 spiro atoms. The normalized spacial score (nSPS) is 17.1. The summed E-state index contributed by atoms with van der Waals surface area (Å²) in [6, 6.07) is 13.4. The third-order valence-electron chi connectivity index (χ3n) is 4.72. The first kappa shape index (κ1) is 17.4. The summed E-state index contributed by atoms with van der Waals surface area (Å²) in [6.45, 7) is 1.82. The second-order valence-corrected chi connectivity index (χ2v) is 6.66. The number of nitrogens with one attached hydrogen (secondary N) is 1. The molecule has 1 atom stereocenters. The van der Waals surface area contributed by atoms with Crippen molar-refractivity contribution in [1.29, 1.82) is 0 Å². The quantitative estimate of drug-likeness (QED) is 0.861. The van der Waals surface area contributed by atoms with Gasteiger partial charge in [0.1, 0.15) is 5.75 Å². The van der Waals surface area contributed by atoms with Crippen LogP contribution in [0.2, 0.25) is 0 Å². The van der Waals surface area contributed by atoms with Crippen molar-refractivity contribution in [2.45, 2.75) is 44.2 Å². The number of benzene rings is 2. The van der Waals surface area contributed by atoms with E-state index in [1.165, 1.54) is 6.07 Å². The summed E-state index contributed by atoms with van der Waals surface area (Å²) in [4.78, 5) is 12.4. The Bertz CT molecular complexity index is 743. The topological polar surface area (TPSA) is 64.4 Å². The van der Waals surface area contributed by atoms with Crippen LogP contribution in [0.4, 0.5) is 4.39 Å². The zero-order valence-corrected chi connectivity index (χ0v) is 14.3. The largest absolute Gasteiger partial charge is 0.454 e. The highest BCUT2D eigenvalue weighted by Crippen LogP contribution is 2.29. The second kappa shape index (κ2) is 7.23. The SMILES string of the molecule is CC(NC(=O)C1(N)CCCC1)c1ccc(Oc2ccccc2)c(F)c1. The molecule has 5 heteroatoms. The maximum absolute atomic E-state index is 14.3. The van der Waals surface area contributed by atoms with E-state index in [0.29, 0.717) is 24.2 Å². The number of amides is 1. The number of rotatable bonds is 5. The van der Waals surface area contributed by atoms with Gasteiger partial charge in [0.05, 0.1) is 11.6 Å². The molecule has 2 aromatic carbocycles. The van der Waals surface area contributed by atoms with Gasteiger partial charge in [-0.25, -0.2) is 4.39 Å². The molecule has 0 heterocycles. The van der Waals surface area contributed by atoms with Crippen molar-refractivity contribution < 1.29 is 13.9 Å². The van der Waals surface area contributed by atoms with Crippen molar-refractivity contribution in [2.75, 3.05) is 0 Å². The van der Waals surface area contributed by atoms with Gasteiger partial charge in [-0.1, -0.05) is 37.1 Å². The molecular weight excluding hydrogens is 319 g/mol. The van der Waals surface area contributed by atoms with Crippen LogP contribution in [-0.2, 0) is 4.79 Å². The minimum atomic E-state index is -0.789. The highest BCUT2D eigenvalue weighted by Gasteiger charge is 2.37. The van der Waals surface area contributed by atoms with Crippen molar-refractivity contribution in [3.8, 4) is 11.5 Å². The Morgan fingerprint density at radius 3 is 2.52 bits per heavy atom. The number of nitrogens with two attached hydrogens (primary N) is 1. The first-order valence-electron chi connectivity index (χ1n) is 8.60. The third-order valence-corrected chi connectivity index (χ3v) is 4.72. The molecular formula is C20H23FN2O2. The maximum atomic E-state index is 14.3. The number of carbonyl (C=O) groups is 1. The average molecular weight is 342 g/mol. The Kier molecular flexibility index (Phi) is 5.04. The lowest BCUT2D eigenvalue weighted by Crippen LogP contribution is -2.52. The molecule has 0 saturated heterocycles. The second-order valence-electron chi connectivity index (χ2n) is 6.66. The molecule has 25 heavy (non-hydrogen) atoms. The molecule has 132 valence electrons. The maximum Gasteiger partial charge on any atom is 0.240 e. The number of hydrogen-bond donors (Lipinski definition) is 2. The van der Waals surface area contributed by atoms with Crippen molar-refractivity contribution in [3.63, 3.8) is 0 Å². The molecule has 1 fully saturated rings. The summed E-state index contributed by atoms with van der Waals surface area (Å²) in [6.07, 6.45) is 3.34. The third kappa shape index (κ3) is 3.99. The predicted molar refractivity (Wildman–Crippen MR) is 94.9 cm³/mol. The molecule has 1 aliphatic carbocycles. The Labute approximate surface area is 147 Å². The van der Waals surface area contributed by atoms with Gasteiger partial charge in [-0.05, 0) is 49.6 Å². The number of carbonyl (C=O) groups excluding carboxylic acids is 1. The standard InChI is InChI=1S/C20H23FN2O2/c1-14(23-19(24)20(22)11-5-6-12-20)15-9-10-18(17(21)13-15)25-16-7-3-2-4-8-16/h2-4,7-10,13-14H,5-6,11-12,22H2,1H3,(H,23,24). The fourth-order valence-corrected chi connectivity index (χ4v) is 3.14. The van der Waals surface area contributed by atoms with Crippen molar-refractivity contribution in [2.24, 2.45) is 5.73 Å². The van der Waals surface area contributed by atoms with E-state index in [1.807, 2.05) is 25.1 Å². The highest BCUT2D eigenvalue weighted by atomic mass is 19.1. The van der Waals surface area contributed by atoms with Crippen LogP contribution in [0.25, 0.3) is 0 Å². The lowest BCUT2D eigenvalue weighted by atomic mass is 9.97.